The van der Waals surface area contributed by atoms with E-state index in [2.05, 4.69) is 15.9 Å². The minimum atomic E-state index is -0.833. The summed E-state index contributed by atoms with van der Waals surface area (Å²) < 4.78 is 28.2. The average Bonchev–Trinajstić information content (AvgIpc) is 2.28. The van der Waals surface area contributed by atoms with Crippen LogP contribution in [0.25, 0.3) is 11.1 Å². The van der Waals surface area contributed by atoms with Crippen LogP contribution in [-0.4, -0.2) is 5.84 Å². The summed E-state index contributed by atoms with van der Waals surface area (Å²) in [4.78, 5) is 0. The fourth-order valence-electron chi connectivity index (χ4n) is 1.64. The molecule has 0 unspecified atom stereocenters. The summed E-state index contributed by atoms with van der Waals surface area (Å²) in [5.41, 5.74) is 5.72. The number of nitrogen functional groups attached to an aromatic ring is 1. The topological polar surface area (TPSA) is 49.9 Å². The van der Waals surface area contributed by atoms with Crippen LogP contribution in [-0.2, 0) is 0 Å². The molecule has 0 atom stereocenters. The zero-order valence-corrected chi connectivity index (χ0v) is 10.8. The molecule has 2 rings (SSSR count). The standard InChI is InChI=1S/C13H9BrF2N2/c14-9-3-1-7(2-4-9)8-5-10(15)12(13(17)18)11(16)6-8/h1-6H,(H3,17,18). The van der Waals surface area contributed by atoms with Gasteiger partial charge in [0.2, 0.25) is 0 Å². The maximum absolute atomic E-state index is 13.7. The molecular formula is C13H9BrF2N2. The second-order valence-corrected chi connectivity index (χ2v) is 4.65. The van der Waals surface area contributed by atoms with Crippen molar-refractivity contribution in [3.05, 3.63) is 58.1 Å². The van der Waals surface area contributed by atoms with Crippen molar-refractivity contribution in [1.29, 1.82) is 5.41 Å². The third-order valence-electron chi connectivity index (χ3n) is 2.49. The van der Waals surface area contributed by atoms with Gasteiger partial charge in [-0.3, -0.25) is 5.41 Å². The Morgan fingerprint density at radius 1 is 1.00 bits per heavy atom. The van der Waals surface area contributed by atoms with Crippen molar-refractivity contribution in [2.75, 3.05) is 0 Å². The van der Waals surface area contributed by atoms with E-state index >= 15 is 0 Å². The predicted octanol–water partition coefficient (Wildman–Crippen LogP) is 3.68. The van der Waals surface area contributed by atoms with Crippen molar-refractivity contribution in [2.45, 2.75) is 0 Å². The van der Waals surface area contributed by atoms with Gasteiger partial charge in [-0.25, -0.2) is 8.78 Å². The van der Waals surface area contributed by atoms with Gasteiger partial charge in [-0.15, -0.1) is 0 Å². The largest absolute Gasteiger partial charge is 0.384 e. The minimum absolute atomic E-state index is 0.405. The van der Waals surface area contributed by atoms with Crippen LogP contribution in [0.5, 0.6) is 0 Å². The van der Waals surface area contributed by atoms with Gasteiger partial charge in [-0.05, 0) is 35.4 Å². The lowest BCUT2D eigenvalue weighted by Crippen LogP contribution is -2.15. The molecule has 0 amide bonds. The summed E-state index contributed by atoms with van der Waals surface area (Å²) in [6.45, 7) is 0. The lowest BCUT2D eigenvalue weighted by molar-refractivity contribution is 0.579. The van der Waals surface area contributed by atoms with Crippen LogP contribution in [0.2, 0.25) is 0 Å². The molecule has 0 heterocycles. The highest BCUT2D eigenvalue weighted by Gasteiger charge is 2.14. The van der Waals surface area contributed by atoms with Gasteiger partial charge in [0.25, 0.3) is 0 Å². The molecule has 5 heteroatoms. The van der Waals surface area contributed by atoms with E-state index < -0.39 is 23.0 Å². The second-order valence-electron chi connectivity index (χ2n) is 3.74. The Labute approximate surface area is 111 Å². The van der Waals surface area contributed by atoms with Crippen molar-refractivity contribution < 1.29 is 8.78 Å². The number of hydrogen-bond acceptors (Lipinski definition) is 1. The van der Waals surface area contributed by atoms with Crippen LogP contribution < -0.4 is 5.73 Å². The lowest BCUT2D eigenvalue weighted by Gasteiger charge is -2.07. The third-order valence-corrected chi connectivity index (χ3v) is 3.02. The summed E-state index contributed by atoms with van der Waals surface area (Å²) in [6, 6.07) is 9.39. The molecule has 0 fully saturated rings. The van der Waals surface area contributed by atoms with E-state index in [1.165, 1.54) is 12.1 Å². The molecule has 0 aliphatic carbocycles. The molecule has 0 bridgehead atoms. The van der Waals surface area contributed by atoms with Crippen LogP contribution in [0, 0.1) is 17.0 Å². The molecule has 0 saturated carbocycles. The van der Waals surface area contributed by atoms with Crippen LogP contribution in [0.3, 0.4) is 0 Å². The van der Waals surface area contributed by atoms with E-state index in [0.717, 1.165) is 4.47 Å². The van der Waals surface area contributed by atoms with Crippen molar-refractivity contribution in [1.82, 2.24) is 0 Å². The zero-order valence-electron chi connectivity index (χ0n) is 9.18. The van der Waals surface area contributed by atoms with Crippen molar-refractivity contribution in [3.63, 3.8) is 0 Å². The van der Waals surface area contributed by atoms with Gasteiger partial charge in [0, 0.05) is 4.47 Å². The maximum atomic E-state index is 13.7. The Kier molecular flexibility index (Phi) is 3.43. The Balaban J connectivity index is 2.54. The summed E-state index contributed by atoms with van der Waals surface area (Å²) in [5.74, 6) is -2.28. The molecule has 2 aromatic rings. The number of nitrogens with one attached hydrogen (secondary N) is 1. The monoisotopic (exact) mass is 310 g/mol. The van der Waals surface area contributed by atoms with E-state index in [9.17, 15) is 8.78 Å². The van der Waals surface area contributed by atoms with Crippen LogP contribution in [0.4, 0.5) is 8.78 Å². The summed E-state index contributed by atoms with van der Waals surface area (Å²) in [5, 5.41) is 7.11. The van der Waals surface area contributed by atoms with E-state index in [4.69, 9.17) is 11.1 Å². The summed E-state index contributed by atoms with van der Waals surface area (Å²) in [6.07, 6.45) is 0. The molecule has 2 aromatic carbocycles. The normalized spacial score (nSPS) is 10.4. The molecule has 18 heavy (non-hydrogen) atoms. The first-order valence-corrected chi connectivity index (χ1v) is 5.87. The molecule has 0 saturated heterocycles. The first-order valence-electron chi connectivity index (χ1n) is 5.08. The van der Waals surface area contributed by atoms with Gasteiger partial charge in [0.15, 0.2) is 0 Å². The summed E-state index contributed by atoms with van der Waals surface area (Å²) >= 11 is 3.28. The first-order chi connectivity index (χ1) is 8.49. The van der Waals surface area contributed by atoms with Gasteiger partial charge >= 0.3 is 0 Å². The maximum Gasteiger partial charge on any atom is 0.137 e. The fraction of sp³-hybridized carbons (Fsp3) is 0. The van der Waals surface area contributed by atoms with E-state index in [1.54, 1.807) is 24.3 Å². The molecule has 2 nitrogen and oxygen atoms in total. The van der Waals surface area contributed by atoms with Crippen molar-refractivity contribution >= 4 is 21.8 Å². The van der Waals surface area contributed by atoms with Gasteiger partial charge in [0.1, 0.15) is 17.5 Å². The number of hydrogen-bond donors (Lipinski definition) is 2. The van der Waals surface area contributed by atoms with Gasteiger partial charge < -0.3 is 5.73 Å². The summed E-state index contributed by atoms with van der Waals surface area (Å²) in [7, 11) is 0. The SMILES string of the molecule is N=C(N)c1c(F)cc(-c2ccc(Br)cc2)cc1F. The Morgan fingerprint density at radius 3 is 1.94 bits per heavy atom. The molecule has 92 valence electrons. The van der Waals surface area contributed by atoms with E-state index in [1.807, 2.05) is 0 Å². The second kappa shape index (κ2) is 4.86. The Bertz CT molecular complexity index is 586. The van der Waals surface area contributed by atoms with Crippen molar-refractivity contribution in [3.8, 4) is 11.1 Å². The average molecular weight is 311 g/mol. The highest BCUT2D eigenvalue weighted by molar-refractivity contribution is 9.10. The highest BCUT2D eigenvalue weighted by atomic mass is 79.9. The predicted molar refractivity (Wildman–Crippen MR) is 70.5 cm³/mol. The fourth-order valence-corrected chi connectivity index (χ4v) is 1.90. The molecule has 3 N–H and O–H groups in total. The molecule has 0 radical (unpaired) electrons. The van der Waals surface area contributed by atoms with Gasteiger partial charge in [-0.2, -0.15) is 0 Å². The smallest absolute Gasteiger partial charge is 0.137 e. The van der Waals surface area contributed by atoms with Crippen LogP contribution in [0.15, 0.2) is 40.9 Å². The molecule has 0 aliphatic heterocycles. The molecular weight excluding hydrogens is 302 g/mol. The third kappa shape index (κ3) is 2.41. The highest BCUT2D eigenvalue weighted by Crippen LogP contribution is 2.25. The van der Waals surface area contributed by atoms with Gasteiger partial charge in [0.05, 0.1) is 5.56 Å². The van der Waals surface area contributed by atoms with Crippen LogP contribution in [0.1, 0.15) is 5.56 Å². The van der Waals surface area contributed by atoms with Crippen molar-refractivity contribution in [2.24, 2.45) is 5.73 Å². The number of benzene rings is 2. The number of halogens is 3. The first kappa shape index (κ1) is 12.7. The lowest BCUT2D eigenvalue weighted by atomic mass is 10.0. The number of rotatable bonds is 2. The van der Waals surface area contributed by atoms with E-state index in [0.29, 0.717) is 11.1 Å². The number of amidine groups is 1. The molecule has 0 spiro atoms. The number of nitrogens with two attached hydrogens (primary N) is 1. The Hall–Kier alpha value is -1.75. The minimum Gasteiger partial charge on any atom is -0.384 e. The molecule has 0 aromatic heterocycles. The zero-order chi connectivity index (χ0) is 13.3. The molecule has 0 aliphatic rings. The quantitative estimate of drug-likeness (QED) is 0.645. The van der Waals surface area contributed by atoms with E-state index in [-0.39, 0.29) is 0 Å². The van der Waals surface area contributed by atoms with Gasteiger partial charge in [-0.1, -0.05) is 28.1 Å². The Morgan fingerprint density at radius 2 is 1.50 bits per heavy atom. The van der Waals surface area contributed by atoms with Crippen LogP contribution >= 0.6 is 15.9 Å².